The molecule has 6 nitrogen and oxygen atoms in total. The van der Waals surface area contributed by atoms with E-state index in [1.807, 2.05) is 82.2 Å². The molecule has 1 heterocycles. The number of aryl methyl sites for hydroxylation is 1. The first kappa shape index (κ1) is 24.5. The van der Waals surface area contributed by atoms with Gasteiger partial charge in [0.1, 0.15) is 5.82 Å². The molecule has 0 atom stereocenters. The SMILES string of the molecule is CC.Cc1cccc(C(=O)NCC2CCC(Nc3nc(N(C)C)c4ccccc4n3)CC2)c1. The Balaban J connectivity index is 0.00000149. The first-order valence-corrected chi connectivity index (χ1v) is 12.0. The van der Waals surface area contributed by atoms with E-state index in [9.17, 15) is 4.79 Å². The second-order valence-corrected chi connectivity index (χ2v) is 8.72. The summed E-state index contributed by atoms with van der Waals surface area (Å²) in [4.78, 5) is 23.9. The Morgan fingerprint density at radius 3 is 2.42 bits per heavy atom. The van der Waals surface area contributed by atoms with Crippen LogP contribution in [0.1, 0.15) is 55.5 Å². The maximum absolute atomic E-state index is 12.4. The smallest absolute Gasteiger partial charge is 0.251 e. The highest BCUT2D eigenvalue weighted by molar-refractivity contribution is 5.94. The van der Waals surface area contributed by atoms with Crippen molar-refractivity contribution in [3.05, 3.63) is 59.7 Å². The van der Waals surface area contributed by atoms with Crippen LogP contribution in [0.4, 0.5) is 11.8 Å². The fourth-order valence-corrected chi connectivity index (χ4v) is 4.28. The van der Waals surface area contributed by atoms with Gasteiger partial charge in [-0.3, -0.25) is 4.79 Å². The molecule has 0 bridgehead atoms. The molecule has 0 radical (unpaired) electrons. The lowest BCUT2D eigenvalue weighted by molar-refractivity contribution is 0.0943. The maximum Gasteiger partial charge on any atom is 0.251 e. The van der Waals surface area contributed by atoms with Crippen molar-refractivity contribution in [3.8, 4) is 0 Å². The summed E-state index contributed by atoms with van der Waals surface area (Å²) in [6, 6.07) is 16.2. The molecule has 1 saturated carbocycles. The number of fused-ring (bicyclic) bond motifs is 1. The lowest BCUT2D eigenvalue weighted by Crippen LogP contribution is -2.34. The van der Waals surface area contributed by atoms with Crippen molar-refractivity contribution in [2.24, 2.45) is 5.92 Å². The number of nitrogens with one attached hydrogen (secondary N) is 2. The van der Waals surface area contributed by atoms with Gasteiger partial charge in [0, 0.05) is 37.6 Å². The van der Waals surface area contributed by atoms with E-state index in [-0.39, 0.29) is 5.91 Å². The minimum Gasteiger partial charge on any atom is -0.362 e. The van der Waals surface area contributed by atoms with Gasteiger partial charge in [0.15, 0.2) is 0 Å². The van der Waals surface area contributed by atoms with Gasteiger partial charge in [-0.05, 0) is 62.8 Å². The Labute approximate surface area is 197 Å². The first-order chi connectivity index (χ1) is 16.0. The molecule has 176 valence electrons. The average Bonchev–Trinajstić information content (AvgIpc) is 2.84. The Bertz CT molecular complexity index is 1060. The van der Waals surface area contributed by atoms with E-state index in [0.717, 1.165) is 60.1 Å². The van der Waals surface area contributed by atoms with Crippen LogP contribution in [0.15, 0.2) is 48.5 Å². The number of carbonyl (C=O) groups is 1. The number of anilines is 2. The molecule has 0 aliphatic heterocycles. The Kier molecular flexibility index (Phi) is 8.64. The van der Waals surface area contributed by atoms with E-state index < -0.39 is 0 Å². The molecule has 0 spiro atoms. The molecule has 1 aliphatic rings. The number of nitrogens with zero attached hydrogens (tertiary/aromatic N) is 3. The Hall–Kier alpha value is -3.15. The van der Waals surface area contributed by atoms with Gasteiger partial charge in [-0.2, -0.15) is 4.98 Å². The molecule has 6 heteroatoms. The zero-order chi connectivity index (χ0) is 23.8. The van der Waals surface area contributed by atoms with Crippen molar-refractivity contribution >= 4 is 28.6 Å². The van der Waals surface area contributed by atoms with Gasteiger partial charge in [0.25, 0.3) is 5.91 Å². The number of rotatable bonds is 6. The highest BCUT2D eigenvalue weighted by Gasteiger charge is 2.23. The molecule has 2 N–H and O–H groups in total. The van der Waals surface area contributed by atoms with Crippen LogP contribution in [0.3, 0.4) is 0 Å². The number of hydrogen-bond acceptors (Lipinski definition) is 5. The van der Waals surface area contributed by atoms with Gasteiger partial charge in [0.2, 0.25) is 5.95 Å². The topological polar surface area (TPSA) is 70.2 Å². The molecule has 33 heavy (non-hydrogen) atoms. The molecule has 1 aliphatic carbocycles. The van der Waals surface area contributed by atoms with Crippen LogP contribution in [0, 0.1) is 12.8 Å². The molecule has 2 aromatic carbocycles. The predicted molar refractivity (Wildman–Crippen MR) is 138 cm³/mol. The van der Waals surface area contributed by atoms with Gasteiger partial charge in [-0.25, -0.2) is 4.98 Å². The molecule has 1 amide bonds. The normalized spacial score (nSPS) is 17.6. The van der Waals surface area contributed by atoms with E-state index in [2.05, 4.69) is 16.7 Å². The maximum atomic E-state index is 12.4. The van der Waals surface area contributed by atoms with Crippen molar-refractivity contribution in [3.63, 3.8) is 0 Å². The van der Waals surface area contributed by atoms with Crippen molar-refractivity contribution in [1.29, 1.82) is 0 Å². The Morgan fingerprint density at radius 1 is 1.00 bits per heavy atom. The van der Waals surface area contributed by atoms with E-state index in [0.29, 0.717) is 17.9 Å². The molecule has 4 rings (SSSR count). The number of hydrogen-bond donors (Lipinski definition) is 2. The second-order valence-electron chi connectivity index (χ2n) is 8.72. The van der Waals surface area contributed by atoms with Gasteiger partial charge in [-0.1, -0.05) is 43.7 Å². The zero-order valence-corrected chi connectivity index (χ0v) is 20.6. The molecular formula is C27H37N5O. The van der Waals surface area contributed by atoms with Gasteiger partial charge in [0.05, 0.1) is 5.52 Å². The largest absolute Gasteiger partial charge is 0.362 e. The third-order valence-corrected chi connectivity index (χ3v) is 6.02. The van der Waals surface area contributed by atoms with Gasteiger partial charge < -0.3 is 15.5 Å². The van der Waals surface area contributed by atoms with E-state index in [1.165, 1.54) is 0 Å². The number of aromatic nitrogens is 2. The summed E-state index contributed by atoms with van der Waals surface area (Å²) in [5, 5.41) is 7.72. The molecular weight excluding hydrogens is 410 g/mol. The monoisotopic (exact) mass is 447 g/mol. The number of amides is 1. The molecule has 1 aromatic heterocycles. The third kappa shape index (κ3) is 6.44. The fourth-order valence-electron chi connectivity index (χ4n) is 4.28. The zero-order valence-electron chi connectivity index (χ0n) is 20.6. The summed E-state index contributed by atoms with van der Waals surface area (Å²) < 4.78 is 0. The van der Waals surface area contributed by atoms with Crippen molar-refractivity contribution < 1.29 is 4.79 Å². The van der Waals surface area contributed by atoms with Crippen molar-refractivity contribution in [2.45, 2.75) is 52.5 Å². The summed E-state index contributed by atoms with van der Waals surface area (Å²) in [5.41, 5.74) is 2.80. The predicted octanol–water partition coefficient (Wildman–Crippen LogP) is 5.43. The van der Waals surface area contributed by atoms with Gasteiger partial charge >= 0.3 is 0 Å². The number of para-hydroxylation sites is 1. The third-order valence-electron chi connectivity index (χ3n) is 6.02. The lowest BCUT2D eigenvalue weighted by atomic mass is 9.86. The molecule has 0 unspecified atom stereocenters. The van der Waals surface area contributed by atoms with Gasteiger partial charge in [-0.15, -0.1) is 0 Å². The summed E-state index contributed by atoms with van der Waals surface area (Å²) in [5.74, 6) is 2.16. The van der Waals surface area contributed by atoms with Crippen LogP contribution in [0.25, 0.3) is 10.9 Å². The van der Waals surface area contributed by atoms with E-state index >= 15 is 0 Å². The summed E-state index contributed by atoms with van der Waals surface area (Å²) in [6.07, 6.45) is 4.27. The number of benzene rings is 2. The molecule has 0 saturated heterocycles. The standard InChI is InChI=1S/C25H31N5O.C2H6/c1-17-7-6-8-19(15-17)24(31)26-16-18-11-13-20(14-12-18)27-25-28-22-10-5-4-9-21(22)23(29-25)30(2)3;1-2/h4-10,15,18,20H,11-14,16H2,1-3H3,(H,26,31)(H,27,28,29);1-2H3. The van der Waals surface area contributed by atoms with Crippen LogP contribution >= 0.6 is 0 Å². The highest BCUT2D eigenvalue weighted by atomic mass is 16.1. The van der Waals surface area contributed by atoms with Crippen LogP contribution in [-0.2, 0) is 0 Å². The minimum absolute atomic E-state index is 0.0183. The molecule has 1 fully saturated rings. The van der Waals surface area contributed by atoms with Crippen molar-refractivity contribution in [2.75, 3.05) is 30.9 Å². The Morgan fingerprint density at radius 2 is 1.73 bits per heavy atom. The lowest BCUT2D eigenvalue weighted by Gasteiger charge is -2.29. The van der Waals surface area contributed by atoms with Crippen molar-refractivity contribution in [1.82, 2.24) is 15.3 Å². The fraction of sp³-hybridized carbons (Fsp3) is 0.444. The quantitative estimate of drug-likeness (QED) is 0.527. The van der Waals surface area contributed by atoms with Crippen LogP contribution in [0.2, 0.25) is 0 Å². The minimum atomic E-state index is 0.0183. The van der Waals surface area contributed by atoms with E-state index in [4.69, 9.17) is 9.97 Å². The number of carbonyl (C=O) groups excluding carboxylic acids is 1. The molecule has 3 aromatic rings. The second kappa shape index (κ2) is 11.6. The van der Waals surface area contributed by atoms with Crippen LogP contribution in [0.5, 0.6) is 0 Å². The first-order valence-electron chi connectivity index (χ1n) is 12.0. The van der Waals surface area contributed by atoms with Crippen LogP contribution < -0.4 is 15.5 Å². The summed E-state index contributed by atoms with van der Waals surface area (Å²) in [7, 11) is 4.02. The van der Waals surface area contributed by atoms with E-state index in [1.54, 1.807) is 0 Å². The van der Waals surface area contributed by atoms with Crippen LogP contribution in [-0.4, -0.2) is 42.6 Å². The average molecular weight is 448 g/mol. The summed E-state index contributed by atoms with van der Waals surface area (Å²) >= 11 is 0. The summed E-state index contributed by atoms with van der Waals surface area (Å²) in [6.45, 7) is 6.74. The highest BCUT2D eigenvalue weighted by Crippen LogP contribution is 2.28.